The van der Waals surface area contributed by atoms with Crippen molar-refractivity contribution in [1.29, 1.82) is 0 Å². The number of nitrogens with two attached hydrogens (primary N) is 1. The summed E-state index contributed by atoms with van der Waals surface area (Å²) in [5, 5.41) is 9.28. The summed E-state index contributed by atoms with van der Waals surface area (Å²) in [6.45, 7) is 0.360. The van der Waals surface area contributed by atoms with Gasteiger partial charge in [-0.2, -0.15) is 0 Å². The summed E-state index contributed by atoms with van der Waals surface area (Å²) >= 11 is 0. The molecule has 0 spiro atoms. The van der Waals surface area contributed by atoms with Crippen molar-refractivity contribution in [2.75, 3.05) is 18.0 Å². The Kier molecular flexibility index (Phi) is 5.66. The first-order valence-corrected chi connectivity index (χ1v) is 8.68. The van der Waals surface area contributed by atoms with Gasteiger partial charge in [-0.1, -0.05) is 6.07 Å². The van der Waals surface area contributed by atoms with Crippen LogP contribution in [-0.4, -0.2) is 52.7 Å². The largest absolute Gasteiger partial charge is 0.465 e. The number of rotatable bonds is 5. The lowest BCUT2D eigenvalue weighted by molar-refractivity contribution is -0.109. The van der Waals surface area contributed by atoms with Crippen LogP contribution >= 0.6 is 0 Å². The number of hydrogen-bond acceptors (Lipinski definition) is 5. The van der Waals surface area contributed by atoms with Gasteiger partial charge >= 0.3 is 6.09 Å². The van der Waals surface area contributed by atoms with E-state index in [1.165, 1.54) is 12.1 Å². The minimum Gasteiger partial charge on any atom is -0.465 e. The third-order valence-electron chi connectivity index (χ3n) is 4.74. The van der Waals surface area contributed by atoms with E-state index in [1.807, 2.05) is 23.1 Å². The van der Waals surface area contributed by atoms with Crippen LogP contribution in [0.4, 0.5) is 15.0 Å². The summed E-state index contributed by atoms with van der Waals surface area (Å²) < 4.78 is 13.1. The number of benzene rings is 1. The van der Waals surface area contributed by atoms with Gasteiger partial charge in [0.15, 0.2) is 0 Å². The number of aromatic nitrogens is 1. The van der Waals surface area contributed by atoms with E-state index in [4.69, 9.17) is 5.73 Å². The molecule has 1 fully saturated rings. The lowest BCUT2D eigenvalue weighted by atomic mass is 10.0. The van der Waals surface area contributed by atoms with Crippen molar-refractivity contribution >= 4 is 18.2 Å². The average molecular weight is 372 g/mol. The first-order valence-electron chi connectivity index (χ1n) is 8.68. The van der Waals surface area contributed by atoms with E-state index in [9.17, 15) is 19.1 Å². The van der Waals surface area contributed by atoms with Gasteiger partial charge < -0.3 is 20.5 Å². The van der Waals surface area contributed by atoms with E-state index < -0.39 is 12.3 Å². The molecule has 2 heterocycles. The number of hydrogen-bond donors (Lipinski definition) is 2. The Labute approximate surface area is 156 Å². The molecule has 3 N–H and O–H groups in total. The maximum absolute atomic E-state index is 13.1. The van der Waals surface area contributed by atoms with Crippen LogP contribution in [0.1, 0.15) is 12.8 Å². The van der Waals surface area contributed by atoms with Gasteiger partial charge in [0.05, 0.1) is 18.4 Å². The van der Waals surface area contributed by atoms with E-state index in [-0.39, 0.29) is 18.4 Å². The highest BCUT2D eigenvalue weighted by molar-refractivity contribution is 5.70. The number of anilines is 1. The minimum atomic E-state index is -1.12. The molecule has 0 bridgehead atoms. The minimum absolute atomic E-state index is 0.162. The van der Waals surface area contributed by atoms with Gasteiger partial charge in [0.2, 0.25) is 0 Å². The van der Waals surface area contributed by atoms with Crippen LogP contribution < -0.4 is 10.6 Å². The Morgan fingerprint density at radius 1 is 1.33 bits per heavy atom. The first kappa shape index (κ1) is 18.8. The van der Waals surface area contributed by atoms with Crippen LogP contribution in [0.25, 0.3) is 11.3 Å². The van der Waals surface area contributed by atoms with Gasteiger partial charge in [-0.25, -0.2) is 14.2 Å². The molecule has 2 unspecified atom stereocenters. The zero-order valence-electron chi connectivity index (χ0n) is 14.7. The molecule has 7 nitrogen and oxygen atoms in total. The zero-order chi connectivity index (χ0) is 19.4. The monoisotopic (exact) mass is 372 g/mol. The van der Waals surface area contributed by atoms with Crippen LogP contribution in [-0.2, 0) is 4.79 Å². The molecule has 0 saturated carbocycles. The van der Waals surface area contributed by atoms with E-state index in [1.54, 1.807) is 12.1 Å². The van der Waals surface area contributed by atoms with Crippen LogP contribution in [0, 0.1) is 5.82 Å². The van der Waals surface area contributed by atoms with Crippen molar-refractivity contribution in [3.05, 3.63) is 48.3 Å². The molecule has 2 aromatic rings. The molecule has 3 rings (SSSR count). The first-order chi connectivity index (χ1) is 13.0. The van der Waals surface area contributed by atoms with Crippen LogP contribution in [0.5, 0.6) is 0 Å². The summed E-state index contributed by atoms with van der Waals surface area (Å²) in [7, 11) is 0. The number of piperidine rings is 1. The molecule has 1 aliphatic rings. The standard InChI is InChI=1S/C19H21FN4O3/c20-14-6-4-13(5-7-14)16-2-1-3-18(22-16)24-9-8-15(12-17(24)21)23(10-11-25)19(26)27/h1-7,11,15,17H,8-10,12,21H2,(H,26,27). The van der Waals surface area contributed by atoms with Crippen molar-refractivity contribution in [3.8, 4) is 11.3 Å². The second kappa shape index (κ2) is 8.13. The lowest BCUT2D eigenvalue weighted by Crippen LogP contribution is -2.55. The van der Waals surface area contributed by atoms with E-state index >= 15 is 0 Å². The fourth-order valence-corrected chi connectivity index (χ4v) is 3.37. The summed E-state index contributed by atoms with van der Waals surface area (Å²) in [6, 6.07) is 11.3. The number of halogens is 1. The molecular weight excluding hydrogens is 351 g/mol. The Hall–Kier alpha value is -3.00. The summed E-state index contributed by atoms with van der Waals surface area (Å²) in [4.78, 5) is 29.8. The number of pyridine rings is 1. The van der Waals surface area contributed by atoms with Crippen molar-refractivity contribution in [1.82, 2.24) is 9.88 Å². The van der Waals surface area contributed by atoms with Crippen molar-refractivity contribution in [2.24, 2.45) is 5.73 Å². The summed E-state index contributed by atoms with van der Waals surface area (Å²) in [5.74, 6) is 0.373. The highest BCUT2D eigenvalue weighted by Gasteiger charge is 2.32. The fraction of sp³-hybridized carbons (Fsp3) is 0.316. The molecule has 1 saturated heterocycles. The Morgan fingerprint density at radius 2 is 2.07 bits per heavy atom. The quantitative estimate of drug-likeness (QED) is 0.782. The van der Waals surface area contributed by atoms with Crippen LogP contribution in [0.2, 0.25) is 0 Å². The summed E-state index contributed by atoms with van der Waals surface area (Å²) in [5.41, 5.74) is 7.77. The smallest absolute Gasteiger partial charge is 0.407 e. The molecule has 0 aliphatic carbocycles. The van der Waals surface area contributed by atoms with Gasteiger partial charge in [-0.15, -0.1) is 0 Å². The van der Waals surface area contributed by atoms with Gasteiger partial charge in [0.25, 0.3) is 0 Å². The fourth-order valence-electron chi connectivity index (χ4n) is 3.37. The highest BCUT2D eigenvalue weighted by Crippen LogP contribution is 2.26. The zero-order valence-corrected chi connectivity index (χ0v) is 14.7. The van der Waals surface area contributed by atoms with Gasteiger partial charge in [0, 0.05) is 24.6 Å². The number of carbonyl (C=O) groups is 2. The lowest BCUT2D eigenvalue weighted by Gasteiger charge is -2.41. The third kappa shape index (κ3) is 4.22. The highest BCUT2D eigenvalue weighted by atomic mass is 19.1. The Bertz CT molecular complexity index is 815. The van der Waals surface area contributed by atoms with Gasteiger partial charge in [-0.3, -0.25) is 4.90 Å². The van der Waals surface area contributed by atoms with Crippen molar-refractivity contribution < 1.29 is 19.1 Å². The van der Waals surface area contributed by atoms with Gasteiger partial charge in [-0.05, 0) is 42.8 Å². The number of aldehydes is 1. The number of nitrogens with zero attached hydrogens (tertiary/aromatic N) is 3. The molecule has 1 aromatic carbocycles. The Balaban J connectivity index is 1.76. The number of amides is 1. The summed E-state index contributed by atoms with van der Waals surface area (Å²) in [6.07, 6.45) is -0.00376. The molecule has 1 aromatic heterocycles. The van der Waals surface area contributed by atoms with E-state index in [2.05, 4.69) is 4.98 Å². The van der Waals surface area contributed by atoms with Crippen molar-refractivity contribution in [3.63, 3.8) is 0 Å². The topological polar surface area (TPSA) is 99.8 Å². The van der Waals surface area contributed by atoms with E-state index in [0.29, 0.717) is 37.2 Å². The molecule has 27 heavy (non-hydrogen) atoms. The molecule has 2 atom stereocenters. The maximum Gasteiger partial charge on any atom is 0.407 e. The van der Waals surface area contributed by atoms with Crippen LogP contribution in [0.15, 0.2) is 42.5 Å². The van der Waals surface area contributed by atoms with E-state index in [0.717, 1.165) is 10.5 Å². The van der Waals surface area contributed by atoms with Crippen LogP contribution in [0.3, 0.4) is 0 Å². The van der Waals surface area contributed by atoms with Gasteiger partial charge in [0.1, 0.15) is 17.9 Å². The second-order valence-corrected chi connectivity index (χ2v) is 6.43. The average Bonchev–Trinajstić information content (AvgIpc) is 2.66. The molecular formula is C19H21FN4O3. The third-order valence-corrected chi connectivity index (χ3v) is 4.74. The normalized spacial score (nSPS) is 19.6. The number of carboxylic acid groups (broad SMARTS) is 1. The predicted molar refractivity (Wildman–Crippen MR) is 98.8 cm³/mol. The molecule has 0 radical (unpaired) electrons. The maximum atomic E-state index is 13.1. The molecule has 142 valence electrons. The Morgan fingerprint density at radius 3 is 2.70 bits per heavy atom. The molecule has 1 aliphatic heterocycles. The molecule has 1 amide bonds. The molecule has 8 heteroatoms. The van der Waals surface area contributed by atoms with Crippen molar-refractivity contribution in [2.45, 2.75) is 25.0 Å². The SMILES string of the molecule is NC1CC(N(CC=O)C(=O)O)CCN1c1cccc(-c2ccc(F)cc2)n1. The second-order valence-electron chi connectivity index (χ2n) is 6.43. The number of carbonyl (C=O) groups excluding carboxylic acids is 1. The predicted octanol–water partition coefficient (Wildman–Crippen LogP) is 2.32.